The maximum absolute atomic E-state index is 10.7. The third kappa shape index (κ3) is 4.03. The van der Waals surface area contributed by atoms with Crippen molar-refractivity contribution in [2.75, 3.05) is 0 Å². The number of aliphatic hydroxyl groups is 2. The topological polar surface area (TPSA) is 61.7 Å². The van der Waals surface area contributed by atoms with Gasteiger partial charge in [0.2, 0.25) is 0 Å². The normalized spacial score (nSPS) is 19.7. The molecule has 0 aromatic heterocycles. The first-order valence-electron chi connectivity index (χ1n) is 8.96. The molecule has 134 valence electrons. The second-order valence-electron chi connectivity index (χ2n) is 6.95. The monoisotopic (exact) mass is 341 g/mol. The molecule has 0 fully saturated rings. The molecule has 3 rings (SSSR count). The number of hydrogen-bond donors (Lipinski definition) is 3. The summed E-state index contributed by atoms with van der Waals surface area (Å²) in [5.74, 6) is 0.701. The molecule has 1 aliphatic rings. The Labute approximate surface area is 149 Å². The second-order valence-corrected chi connectivity index (χ2v) is 6.95. The Hall–Kier alpha value is -1.88. The maximum atomic E-state index is 10.7. The first-order valence-corrected chi connectivity index (χ1v) is 8.96. The van der Waals surface area contributed by atoms with Gasteiger partial charge in [0.25, 0.3) is 0 Å². The second kappa shape index (κ2) is 8.00. The largest absolute Gasteiger partial charge is 0.489 e. The van der Waals surface area contributed by atoms with E-state index in [1.54, 1.807) is 0 Å². The molecule has 0 bridgehead atoms. The molecule has 4 nitrogen and oxygen atoms in total. The van der Waals surface area contributed by atoms with Gasteiger partial charge in [-0.25, -0.2) is 0 Å². The van der Waals surface area contributed by atoms with Gasteiger partial charge in [-0.05, 0) is 35.6 Å². The Bertz CT molecular complexity index is 700. The van der Waals surface area contributed by atoms with Crippen molar-refractivity contribution < 1.29 is 14.9 Å². The van der Waals surface area contributed by atoms with Crippen molar-refractivity contribution in [3.63, 3.8) is 0 Å². The number of nitrogens with one attached hydrogen (secondary N) is 1. The Kier molecular flexibility index (Phi) is 5.74. The molecular formula is C21H27NO3. The molecule has 0 heterocycles. The van der Waals surface area contributed by atoms with E-state index in [1.807, 2.05) is 42.5 Å². The Balaban J connectivity index is 1.81. The molecule has 0 radical (unpaired) electrons. The summed E-state index contributed by atoms with van der Waals surface area (Å²) in [6, 6.07) is 14.2. The van der Waals surface area contributed by atoms with E-state index in [1.165, 1.54) is 0 Å². The predicted molar refractivity (Wildman–Crippen MR) is 98.5 cm³/mol. The van der Waals surface area contributed by atoms with Gasteiger partial charge in [-0.3, -0.25) is 0 Å². The molecule has 0 saturated heterocycles. The van der Waals surface area contributed by atoms with E-state index in [0.29, 0.717) is 18.4 Å². The highest BCUT2D eigenvalue weighted by Crippen LogP contribution is 2.36. The third-order valence-corrected chi connectivity index (χ3v) is 4.77. The van der Waals surface area contributed by atoms with Gasteiger partial charge >= 0.3 is 0 Å². The molecule has 0 spiro atoms. The first-order chi connectivity index (χ1) is 12.1. The van der Waals surface area contributed by atoms with E-state index in [2.05, 4.69) is 19.2 Å². The van der Waals surface area contributed by atoms with Crippen LogP contribution in [0.4, 0.5) is 0 Å². The lowest BCUT2D eigenvalue weighted by Crippen LogP contribution is -2.42. The van der Waals surface area contributed by atoms with Crippen LogP contribution in [0.1, 0.15) is 48.6 Å². The van der Waals surface area contributed by atoms with E-state index in [4.69, 9.17) is 4.74 Å². The van der Waals surface area contributed by atoms with Gasteiger partial charge in [-0.15, -0.1) is 0 Å². The lowest BCUT2D eigenvalue weighted by Gasteiger charge is -2.33. The maximum Gasteiger partial charge on any atom is 0.125 e. The fourth-order valence-electron chi connectivity index (χ4n) is 3.58. The number of fused-ring (bicyclic) bond motifs is 1. The molecule has 1 aliphatic carbocycles. The number of benzene rings is 2. The fraction of sp³-hybridized carbons (Fsp3) is 0.429. The standard InChI is InChI=1S/C21H27NO3/c1-14(2)22-19-10-8-16-17(21(19)24)9-11-20(18(16)12-23)25-13-15-6-4-3-5-7-15/h3-7,9,11,14,19,21-24H,8,10,12-13H2,1-2H3. The van der Waals surface area contributed by atoms with Gasteiger partial charge in [-0.1, -0.05) is 50.2 Å². The summed E-state index contributed by atoms with van der Waals surface area (Å²) < 4.78 is 5.95. The highest BCUT2D eigenvalue weighted by molar-refractivity contribution is 5.47. The lowest BCUT2D eigenvalue weighted by molar-refractivity contribution is 0.109. The van der Waals surface area contributed by atoms with Crippen LogP contribution in [0.2, 0.25) is 0 Å². The van der Waals surface area contributed by atoms with Gasteiger partial charge in [-0.2, -0.15) is 0 Å². The lowest BCUT2D eigenvalue weighted by atomic mass is 9.83. The summed E-state index contributed by atoms with van der Waals surface area (Å²) >= 11 is 0. The summed E-state index contributed by atoms with van der Waals surface area (Å²) in [6.07, 6.45) is 1.12. The minimum Gasteiger partial charge on any atom is -0.489 e. The first kappa shape index (κ1) is 17.9. The van der Waals surface area contributed by atoms with Crippen LogP contribution in [0.3, 0.4) is 0 Å². The van der Waals surface area contributed by atoms with Crippen LogP contribution in [0.5, 0.6) is 5.75 Å². The molecule has 4 heteroatoms. The summed E-state index contributed by atoms with van der Waals surface area (Å²) in [4.78, 5) is 0. The van der Waals surface area contributed by atoms with E-state index in [9.17, 15) is 10.2 Å². The zero-order chi connectivity index (χ0) is 17.8. The van der Waals surface area contributed by atoms with Crippen LogP contribution >= 0.6 is 0 Å². The Morgan fingerprint density at radius 2 is 1.92 bits per heavy atom. The SMILES string of the molecule is CC(C)NC1CCc2c(ccc(OCc3ccccc3)c2CO)C1O. The van der Waals surface area contributed by atoms with Crippen LogP contribution in [0.15, 0.2) is 42.5 Å². The van der Waals surface area contributed by atoms with Crippen LogP contribution in [0, 0.1) is 0 Å². The molecule has 0 aliphatic heterocycles. The fourth-order valence-corrected chi connectivity index (χ4v) is 3.58. The van der Waals surface area contributed by atoms with E-state index in [0.717, 1.165) is 35.1 Å². The van der Waals surface area contributed by atoms with Gasteiger partial charge in [0.05, 0.1) is 12.7 Å². The van der Waals surface area contributed by atoms with E-state index < -0.39 is 6.10 Å². The smallest absolute Gasteiger partial charge is 0.125 e. The van der Waals surface area contributed by atoms with Gasteiger partial charge in [0, 0.05) is 17.6 Å². The average molecular weight is 341 g/mol. The summed E-state index contributed by atoms with van der Waals surface area (Å²) in [7, 11) is 0. The molecule has 3 N–H and O–H groups in total. The summed E-state index contributed by atoms with van der Waals surface area (Å²) in [6.45, 7) is 4.55. The van der Waals surface area contributed by atoms with Crippen molar-refractivity contribution in [2.45, 2.75) is 58.1 Å². The zero-order valence-electron chi connectivity index (χ0n) is 14.9. The van der Waals surface area contributed by atoms with Crippen LogP contribution in [-0.4, -0.2) is 22.3 Å². The van der Waals surface area contributed by atoms with Gasteiger partial charge in [0.1, 0.15) is 12.4 Å². The molecule has 2 aromatic rings. The Morgan fingerprint density at radius 3 is 2.60 bits per heavy atom. The van der Waals surface area contributed by atoms with Gasteiger partial charge in [0.15, 0.2) is 0 Å². The highest BCUT2D eigenvalue weighted by Gasteiger charge is 2.30. The minimum atomic E-state index is -0.556. The van der Waals surface area contributed by atoms with Crippen LogP contribution in [0.25, 0.3) is 0 Å². The molecule has 2 atom stereocenters. The molecule has 25 heavy (non-hydrogen) atoms. The summed E-state index contributed by atoms with van der Waals surface area (Å²) in [5.41, 5.74) is 3.82. The number of hydrogen-bond acceptors (Lipinski definition) is 4. The summed E-state index contributed by atoms with van der Waals surface area (Å²) in [5, 5.41) is 24.0. The Morgan fingerprint density at radius 1 is 1.16 bits per heavy atom. The molecule has 0 saturated carbocycles. The predicted octanol–water partition coefficient (Wildman–Crippen LogP) is 3.10. The van der Waals surface area contributed by atoms with Crippen molar-refractivity contribution in [1.82, 2.24) is 5.32 Å². The highest BCUT2D eigenvalue weighted by atomic mass is 16.5. The number of rotatable bonds is 6. The van der Waals surface area contributed by atoms with Crippen molar-refractivity contribution in [2.24, 2.45) is 0 Å². The van der Waals surface area contributed by atoms with E-state index >= 15 is 0 Å². The van der Waals surface area contributed by atoms with Crippen LogP contribution < -0.4 is 10.1 Å². The molecule has 2 aromatic carbocycles. The van der Waals surface area contributed by atoms with Crippen molar-refractivity contribution in [3.05, 3.63) is 64.7 Å². The minimum absolute atomic E-state index is 0.0510. The average Bonchev–Trinajstić information content (AvgIpc) is 2.62. The van der Waals surface area contributed by atoms with E-state index in [-0.39, 0.29) is 12.6 Å². The number of aliphatic hydroxyl groups excluding tert-OH is 2. The van der Waals surface area contributed by atoms with Crippen LogP contribution in [-0.2, 0) is 19.6 Å². The van der Waals surface area contributed by atoms with Crippen molar-refractivity contribution >= 4 is 0 Å². The number of ether oxygens (including phenoxy) is 1. The zero-order valence-corrected chi connectivity index (χ0v) is 14.9. The van der Waals surface area contributed by atoms with Crippen molar-refractivity contribution in [1.29, 1.82) is 0 Å². The quantitative estimate of drug-likeness (QED) is 0.755. The molecular weight excluding hydrogens is 314 g/mol. The van der Waals surface area contributed by atoms with Crippen molar-refractivity contribution in [3.8, 4) is 5.75 Å². The molecule has 2 unspecified atom stereocenters. The molecule has 0 amide bonds. The third-order valence-electron chi connectivity index (χ3n) is 4.77. The van der Waals surface area contributed by atoms with Gasteiger partial charge < -0.3 is 20.3 Å².